The number of hydrogen-bond acceptors (Lipinski definition) is 5. The van der Waals surface area contributed by atoms with Gasteiger partial charge in [-0.2, -0.15) is 0 Å². The maximum Gasteiger partial charge on any atom is 0.341 e. The van der Waals surface area contributed by atoms with E-state index in [1.807, 2.05) is 6.92 Å². The molecule has 0 atom stereocenters. The minimum Gasteiger partial charge on any atom is -0.452 e. The molecule has 2 aromatic rings. The van der Waals surface area contributed by atoms with Crippen molar-refractivity contribution in [2.75, 3.05) is 18.5 Å². The third-order valence-electron chi connectivity index (χ3n) is 4.76. The van der Waals surface area contributed by atoms with Crippen LogP contribution in [0.1, 0.15) is 39.2 Å². The van der Waals surface area contributed by atoms with Gasteiger partial charge in [-0.05, 0) is 56.4 Å². The van der Waals surface area contributed by atoms with Gasteiger partial charge in [0.05, 0.1) is 5.56 Å². The number of thiophene rings is 1. The number of hydrogen-bond donors (Lipinski definition) is 2. The molecule has 2 N–H and O–H groups in total. The standard InChI is InChI=1S/C21H23FN2O4S/c1-12-13(2)29-20(24-19(26)15-5-6-15)18(12)21(27)28-11-17(25)23-10-9-14-3-7-16(22)8-4-14/h3-4,7-8,15H,5-6,9-11H2,1-2H3,(H,23,25)(H,24,26). The van der Waals surface area contributed by atoms with Crippen LogP contribution < -0.4 is 10.6 Å². The Labute approximate surface area is 172 Å². The predicted molar refractivity (Wildman–Crippen MR) is 109 cm³/mol. The zero-order valence-corrected chi connectivity index (χ0v) is 17.2. The monoisotopic (exact) mass is 418 g/mol. The van der Waals surface area contributed by atoms with Crippen molar-refractivity contribution in [2.45, 2.75) is 33.1 Å². The molecule has 6 nitrogen and oxygen atoms in total. The quantitative estimate of drug-likeness (QED) is 0.644. The van der Waals surface area contributed by atoms with E-state index in [0.29, 0.717) is 23.5 Å². The van der Waals surface area contributed by atoms with E-state index in [9.17, 15) is 18.8 Å². The third kappa shape index (κ3) is 5.63. The number of esters is 1. The Morgan fingerprint density at radius 1 is 1.17 bits per heavy atom. The first-order valence-electron chi connectivity index (χ1n) is 9.44. The van der Waals surface area contributed by atoms with E-state index in [1.54, 1.807) is 19.1 Å². The Balaban J connectivity index is 1.50. The van der Waals surface area contributed by atoms with Gasteiger partial charge in [0.2, 0.25) is 5.91 Å². The molecule has 2 amide bonds. The van der Waals surface area contributed by atoms with Gasteiger partial charge in [0, 0.05) is 17.3 Å². The zero-order valence-electron chi connectivity index (χ0n) is 16.3. The Bertz CT molecular complexity index is 920. The average Bonchev–Trinajstić information content (AvgIpc) is 3.49. The maximum absolute atomic E-state index is 12.9. The van der Waals surface area contributed by atoms with Crippen LogP contribution >= 0.6 is 11.3 Å². The maximum atomic E-state index is 12.9. The summed E-state index contributed by atoms with van der Waals surface area (Å²) in [6, 6.07) is 6.04. The molecule has 0 spiro atoms. The molecule has 1 aliphatic rings. The number of aryl methyl sites for hydroxylation is 1. The van der Waals surface area contributed by atoms with Crippen molar-refractivity contribution < 1.29 is 23.5 Å². The van der Waals surface area contributed by atoms with E-state index >= 15 is 0 Å². The molecule has 8 heteroatoms. The van der Waals surface area contributed by atoms with Crippen molar-refractivity contribution in [3.8, 4) is 0 Å². The van der Waals surface area contributed by atoms with Crippen LogP contribution in [0.5, 0.6) is 0 Å². The predicted octanol–water partition coefficient (Wildman–Crippen LogP) is 3.37. The second kappa shape index (κ2) is 9.17. The molecule has 0 aliphatic heterocycles. The van der Waals surface area contributed by atoms with Crippen molar-refractivity contribution in [1.29, 1.82) is 0 Å². The number of anilines is 1. The van der Waals surface area contributed by atoms with E-state index < -0.39 is 18.5 Å². The molecular weight excluding hydrogens is 395 g/mol. The van der Waals surface area contributed by atoms with E-state index in [2.05, 4.69) is 10.6 Å². The van der Waals surface area contributed by atoms with Crippen LogP contribution in [0, 0.1) is 25.6 Å². The number of halogens is 1. The van der Waals surface area contributed by atoms with Crippen LogP contribution in [0.25, 0.3) is 0 Å². The molecule has 1 heterocycles. The highest BCUT2D eigenvalue weighted by molar-refractivity contribution is 7.16. The fourth-order valence-corrected chi connectivity index (χ4v) is 3.82. The summed E-state index contributed by atoms with van der Waals surface area (Å²) in [5.74, 6) is -1.43. The van der Waals surface area contributed by atoms with Crippen LogP contribution in [0.3, 0.4) is 0 Å². The smallest absolute Gasteiger partial charge is 0.341 e. The summed E-state index contributed by atoms with van der Waals surface area (Å²) in [5, 5.41) is 5.95. The number of carbonyl (C=O) groups excluding carboxylic acids is 3. The van der Waals surface area contributed by atoms with Crippen LogP contribution in [0.15, 0.2) is 24.3 Å². The van der Waals surface area contributed by atoms with Gasteiger partial charge in [0.15, 0.2) is 6.61 Å². The highest BCUT2D eigenvalue weighted by Gasteiger charge is 2.31. The Morgan fingerprint density at radius 3 is 2.52 bits per heavy atom. The number of benzene rings is 1. The lowest BCUT2D eigenvalue weighted by atomic mass is 10.1. The van der Waals surface area contributed by atoms with Gasteiger partial charge in [0.25, 0.3) is 5.91 Å². The zero-order chi connectivity index (χ0) is 21.0. The molecule has 1 aromatic carbocycles. The topological polar surface area (TPSA) is 84.5 Å². The Hall–Kier alpha value is -2.74. The third-order valence-corrected chi connectivity index (χ3v) is 5.88. The first-order chi connectivity index (χ1) is 13.8. The minimum absolute atomic E-state index is 0.0217. The van der Waals surface area contributed by atoms with Crippen molar-refractivity contribution in [3.63, 3.8) is 0 Å². The van der Waals surface area contributed by atoms with Gasteiger partial charge in [0.1, 0.15) is 10.8 Å². The lowest BCUT2D eigenvalue weighted by Gasteiger charge is -2.09. The molecule has 1 fully saturated rings. The first kappa shape index (κ1) is 21.0. The largest absolute Gasteiger partial charge is 0.452 e. The molecule has 0 radical (unpaired) electrons. The Kier molecular flexibility index (Phi) is 6.64. The lowest BCUT2D eigenvalue weighted by molar-refractivity contribution is -0.124. The van der Waals surface area contributed by atoms with Gasteiger partial charge in [-0.15, -0.1) is 11.3 Å². The summed E-state index contributed by atoms with van der Waals surface area (Å²) in [7, 11) is 0. The number of rotatable bonds is 8. The normalized spacial score (nSPS) is 13.1. The van der Waals surface area contributed by atoms with Gasteiger partial charge in [-0.3, -0.25) is 9.59 Å². The number of nitrogens with one attached hydrogen (secondary N) is 2. The fourth-order valence-electron chi connectivity index (χ4n) is 2.77. The van der Waals surface area contributed by atoms with E-state index in [4.69, 9.17) is 4.74 Å². The lowest BCUT2D eigenvalue weighted by Crippen LogP contribution is -2.30. The van der Waals surface area contributed by atoms with Gasteiger partial charge in [-0.25, -0.2) is 9.18 Å². The number of amides is 2. The molecule has 0 unspecified atom stereocenters. The van der Waals surface area contributed by atoms with Gasteiger partial charge < -0.3 is 15.4 Å². The van der Waals surface area contributed by atoms with E-state index in [-0.39, 0.29) is 17.6 Å². The molecule has 1 saturated carbocycles. The molecule has 29 heavy (non-hydrogen) atoms. The summed E-state index contributed by atoms with van der Waals surface area (Å²) in [6.45, 7) is 3.59. The van der Waals surface area contributed by atoms with Crippen LogP contribution in [-0.2, 0) is 20.7 Å². The molecule has 1 aliphatic carbocycles. The molecule has 0 bridgehead atoms. The molecule has 1 aromatic heterocycles. The second-order valence-corrected chi connectivity index (χ2v) is 8.28. The second-order valence-electron chi connectivity index (χ2n) is 7.05. The summed E-state index contributed by atoms with van der Waals surface area (Å²) in [4.78, 5) is 37.4. The average molecular weight is 418 g/mol. The van der Waals surface area contributed by atoms with Crippen LogP contribution in [0.4, 0.5) is 9.39 Å². The van der Waals surface area contributed by atoms with E-state index in [0.717, 1.165) is 28.8 Å². The number of carbonyl (C=O) groups is 3. The van der Waals surface area contributed by atoms with Crippen LogP contribution in [-0.4, -0.2) is 30.9 Å². The van der Waals surface area contributed by atoms with Crippen molar-refractivity contribution in [1.82, 2.24) is 5.32 Å². The minimum atomic E-state index is -0.633. The van der Waals surface area contributed by atoms with E-state index in [1.165, 1.54) is 23.5 Å². The highest BCUT2D eigenvalue weighted by atomic mass is 32.1. The Morgan fingerprint density at radius 2 is 1.86 bits per heavy atom. The van der Waals surface area contributed by atoms with Crippen LogP contribution in [0.2, 0.25) is 0 Å². The fraction of sp³-hybridized carbons (Fsp3) is 0.381. The number of ether oxygens (including phenoxy) is 1. The van der Waals surface area contributed by atoms with Crippen molar-refractivity contribution in [3.05, 3.63) is 51.7 Å². The summed E-state index contributed by atoms with van der Waals surface area (Å²) >= 11 is 1.33. The SMILES string of the molecule is Cc1sc(NC(=O)C2CC2)c(C(=O)OCC(=O)NCCc2ccc(F)cc2)c1C. The molecular formula is C21H23FN2O4S. The molecule has 3 rings (SSSR count). The summed E-state index contributed by atoms with van der Waals surface area (Å²) < 4.78 is 18.0. The molecule has 154 valence electrons. The van der Waals surface area contributed by atoms with Gasteiger partial charge in [-0.1, -0.05) is 12.1 Å². The summed E-state index contributed by atoms with van der Waals surface area (Å²) in [6.07, 6.45) is 2.28. The summed E-state index contributed by atoms with van der Waals surface area (Å²) in [5.41, 5.74) is 1.94. The highest BCUT2D eigenvalue weighted by Crippen LogP contribution is 2.36. The van der Waals surface area contributed by atoms with Gasteiger partial charge >= 0.3 is 5.97 Å². The molecule has 0 saturated heterocycles. The first-order valence-corrected chi connectivity index (χ1v) is 10.3. The van der Waals surface area contributed by atoms with Crippen molar-refractivity contribution in [2.24, 2.45) is 5.92 Å². The van der Waals surface area contributed by atoms with Crippen molar-refractivity contribution >= 4 is 34.1 Å².